The zero-order valence-corrected chi connectivity index (χ0v) is 16.6. The zero-order chi connectivity index (χ0) is 19.0. The summed E-state index contributed by atoms with van der Waals surface area (Å²) >= 11 is 1.61. The molecule has 0 atom stereocenters. The highest BCUT2D eigenvalue weighted by Crippen LogP contribution is 2.31. The molecule has 0 saturated heterocycles. The highest BCUT2D eigenvalue weighted by Gasteiger charge is 2.16. The van der Waals surface area contributed by atoms with Gasteiger partial charge in [-0.05, 0) is 35.2 Å². The summed E-state index contributed by atoms with van der Waals surface area (Å²) in [5, 5.41) is 9.31. The largest absolute Gasteiger partial charge is 0.494 e. The monoisotopic (exact) mass is 379 g/mol. The lowest BCUT2D eigenvalue weighted by atomic mass is 9.87. The van der Waals surface area contributed by atoms with Gasteiger partial charge in [-0.15, -0.1) is 21.5 Å². The van der Waals surface area contributed by atoms with Crippen LogP contribution < -0.4 is 4.74 Å². The lowest BCUT2D eigenvalue weighted by Gasteiger charge is -2.18. The molecule has 0 aliphatic heterocycles. The Kier molecular flexibility index (Phi) is 4.44. The SMILES string of the molecule is COc1cccc2sc(Cc3nnc(-c4ccc(C(C)(C)C)cc4)o3)nc12. The minimum Gasteiger partial charge on any atom is -0.494 e. The number of rotatable bonds is 4. The first-order chi connectivity index (χ1) is 12.9. The van der Waals surface area contributed by atoms with Crippen LogP contribution in [0.2, 0.25) is 0 Å². The van der Waals surface area contributed by atoms with Crippen molar-refractivity contribution in [1.29, 1.82) is 0 Å². The number of benzene rings is 2. The molecule has 0 aliphatic carbocycles. The van der Waals surface area contributed by atoms with Crippen LogP contribution in [0.15, 0.2) is 46.9 Å². The van der Waals surface area contributed by atoms with E-state index < -0.39 is 0 Å². The maximum atomic E-state index is 5.86. The van der Waals surface area contributed by atoms with Gasteiger partial charge in [-0.1, -0.05) is 39.0 Å². The van der Waals surface area contributed by atoms with Gasteiger partial charge in [0.05, 0.1) is 18.2 Å². The average Bonchev–Trinajstić information content (AvgIpc) is 3.27. The molecule has 2 aromatic heterocycles. The van der Waals surface area contributed by atoms with E-state index in [0.29, 0.717) is 18.2 Å². The first kappa shape index (κ1) is 17.7. The number of methoxy groups -OCH3 is 1. The number of nitrogens with zero attached hydrogens (tertiary/aromatic N) is 3. The molecule has 0 aliphatic rings. The molecule has 0 amide bonds. The van der Waals surface area contributed by atoms with Crippen LogP contribution in [0.25, 0.3) is 21.7 Å². The second-order valence-electron chi connectivity index (χ2n) is 7.42. The molecule has 4 rings (SSSR count). The maximum Gasteiger partial charge on any atom is 0.247 e. The number of hydrogen-bond donors (Lipinski definition) is 0. The molecule has 138 valence electrons. The fourth-order valence-electron chi connectivity index (χ4n) is 2.89. The van der Waals surface area contributed by atoms with Crippen LogP contribution in [0.5, 0.6) is 5.75 Å². The number of fused-ring (bicyclic) bond motifs is 1. The van der Waals surface area contributed by atoms with Crippen molar-refractivity contribution >= 4 is 21.6 Å². The van der Waals surface area contributed by atoms with Gasteiger partial charge < -0.3 is 9.15 Å². The molecule has 0 saturated carbocycles. The van der Waals surface area contributed by atoms with Crippen LogP contribution in [0.3, 0.4) is 0 Å². The lowest BCUT2D eigenvalue weighted by molar-refractivity contribution is 0.419. The molecule has 0 radical (unpaired) electrons. The quantitative estimate of drug-likeness (QED) is 0.485. The highest BCUT2D eigenvalue weighted by molar-refractivity contribution is 7.18. The third-order valence-corrected chi connectivity index (χ3v) is 5.43. The summed E-state index contributed by atoms with van der Waals surface area (Å²) in [5.41, 5.74) is 3.19. The number of para-hydroxylation sites is 1. The van der Waals surface area contributed by atoms with Crippen molar-refractivity contribution in [3.8, 4) is 17.2 Å². The van der Waals surface area contributed by atoms with Crippen molar-refractivity contribution in [2.75, 3.05) is 7.11 Å². The maximum absolute atomic E-state index is 5.86. The van der Waals surface area contributed by atoms with Gasteiger partial charge in [-0.25, -0.2) is 4.98 Å². The molecule has 0 fully saturated rings. The fraction of sp³-hybridized carbons (Fsp3) is 0.286. The molecule has 0 N–H and O–H groups in total. The Bertz CT molecular complexity index is 1070. The molecular weight excluding hydrogens is 358 g/mol. The minimum absolute atomic E-state index is 0.117. The minimum atomic E-state index is 0.117. The molecule has 0 spiro atoms. The Morgan fingerprint density at radius 3 is 2.52 bits per heavy atom. The van der Waals surface area contributed by atoms with Gasteiger partial charge in [0.2, 0.25) is 11.8 Å². The van der Waals surface area contributed by atoms with E-state index in [0.717, 1.165) is 26.5 Å². The molecule has 5 nitrogen and oxygen atoms in total. The number of ether oxygens (including phenoxy) is 1. The van der Waals surface area contributed by atoms with E-state index in [-0.39, 0.29) is 5.41 Å². The van der Waals surface area contributed by atoms with Crippen molar-refractivity contribution in [3.63, 3.8) is 0 Å². The van der Waals surface area contributed by atoms with Crippen LogP contribution >= 0.6 is 11.3 Å². The molecule has 2 aromatic carbocycles. The molecular formula is C21H21N3O2S. The Balaban J connectivity index is 1.56. The molecule has 0 unspecified atom stereocenters. The molecule has 6 heteroatoms. The Hall–Kier alpha value is -2.73. The highest BCUT2D eigenvalue weighted by atomic mass is 32.1. The third kappa shape index (κ3) is 3.57. The summed E-state index contributed by atoms with van der Waals surface area (Å²) < 4.78 is 12.3. The Morgan fingerprint density at radius 1 is 1.04 bits per heavy atom. The van der Waals surface area contributed by atoms with Gasteiger partial charge in [0.1, 0.15) is 16.3 Å². The normalized spacial score (nSPS) is 11.9. The van der Waals surface area contributed by atoms with Crippen molar-refractivity contribution in [1.82, 2.24) is 15.2 Å². The van der Waals surface area contributed by atoms with E-state index in [1.807, 2.05) is 30.3 Å². The number of hydrogen-bond acceptors (Lipinski definition) is 6. The summed E-state index contributed by atoms with van der Waals surface area (Å²) in [6.45, 7) is 6.58. The summed E-state index contributed by atoms with van der Waals surface area (Å²) in [5.74, 6) is 1.87. The van der Waals surface area contributed by atoms with E-state index >= 15 is 0 Å². The van der Waals surface area contributed by atoms with Crippen molar-refractivity contribution in [3.05, 3.63) is 58.9 Å². The number of thiazole rings is 1. The van der Waals surface area contributed by atoms with E-state index in [4.69, 9.17) is 9.15 Å². The van der Waals surface area contributed by atoms with Crippen LogP contribution in [0, 0.1) is 0 Å². The molecule has 27 heavy (non-hydrogen) atoms. The molecule has 2 heterocycles. The van der Waals surface area contributed by atoms with E-state index in [1.54, 1.807) is 18.4 Å². The summed E-state index contributed by atoms with van der Waals surface area (Å²) in [7, 11) is 1.66. The van der Waals surface area contributed by atoms with Crippen LogP contribution in [0.4, 0.5) is 0 Å². The van der Waals surface area contributed by atoms with Gasteiger partial charge in [0.25, 0.3) is 0 Å². The van der Waals surface area contributed by atoms with Crippen LogP contribution in [-0.4, -0.2) is 22.3 Å². The first-order valence-electron chi connectivity index (χ1n) is 8.80. The van der Waals surface area contributed by atoms with Crippen molar-refractivity contribution in [2.45, 2.75) is 32.6 Å². The summed E-state index contributed by atoms with van der Waals surface area (Å²) in [4.78, 5) is 4.67. The topological polar surface area (TPSA) is 61.0 Å². The number of aromatic nitrogens is 3. The fourth-order valence-corrected chi connectivity index (χ4v) is 3.87. The van der Waals surface area contributed by atoms with Gasteiger partial charge >= 0.3 is 0 Å². The van der Waals surface area contributed by atoms with E-state index in [2.05, 4.69) is 48.1 Å². The average molecular weight is 379 g/mol. The predicted molar refractivity (Wildman–Crippen MR) is 107 cm³/mol. The van der Waals surface area contributed by atoms with E-state index in [1.165, 1.54) is 5.56 Å². The van der Waals surface area contributed by atoms with Gasteiger partial charge in [-0.2, -0.15) is 0 Å². The second-order valence-corrected chi connectivity index (χ2v) is 8.53. The predicted octanol–water partition coefficient (Wildman–Crippen LogP) is 5.24. The van der Waals surface area contributed by atoms with Crippen molar-refractivity contribution in [2.24, 2.45) is 0 Å². The standard InChI is InChI=1S/C21H21N3O2S/c1-21(2,3)14-10-8-13(9-11-14)20-24-23-17(26-20)12-18-22-19-15(25-4)6-5-7-16(19)27-18/h5-11H,12H2,1-4H3. The molecule has 0 bridgehead atoms. The Morgan fingerprint density at radius 2 is 1.81 bits per heavy atom. The van der Waals surface area contributed by atoms with E-state index in [9.17, 15) is 0 Å². The van der Waals surface area contributed by atoms with Gasteiger partial charge in [0, 0.05) is 5.56 Å². The lowest BCUT2D eigenvalue weighted by Crippen LogP contribution is -2.10. The van der Waals surface area contributed by atoms with Crippen LogP contribution in [0.1, 0.15) is 37.2 Å². The third-order valence-electron chi connectivity index (χ3n) is 4.41. The smallest absolute Gasteiger partial charge is 0.247 e. The second kappa shape index (κ2) is 6.78. The Labute approximate surface area is 162 Å². The zero-order valence-electron chi connectivity index (χ0n) is 15.8. The van der Waals surface area contributed by atoms with Crippen LogP contribution in [-0.2, 0) is 11.8 Å². The summed E-state index contributed by atoms with van der Waals surface area (Å²) in [6, 6.07) is 14.2. The summed E-state index contributed by atoms with van der Waals surface area (Å²) in [6.07, 6.45) is 0.509. The van der Waals surface area contributed by atoms with Gasteiger partial charge in [-0.3, -0.25) is 0 Å². The van der Waals surface area contributed by atoms with Gasteiger partial charge in [0.15, 0.2) is 0 Å². The molecule has 4 aromatic rings. The first-order valence-corrected chi connectivity index (χ1v) is 9.61. The van der Waals surface area contributed by atoms with Crippen molar-refractivity contribution < 1.29 is 9.15 Å².